The van der Waals surface area contributed by atoms with Crippen LogP contribution in [0.1, 0.15) is 72.6 Å². The molecule has 0 aliphatic rings. The minimum absolute atomic E-state index is 0. The summed E-state index contributed by atoms with van der Waals surface area (Å²) in [5.41, 5.74) is 5.07. The first-order valence-corrected chi connectivity index (χ1v) is 9.44. The fourth-order valence-corrected chi connectivity index (χ4v) is 3.48. The van der Waals surface area contributed by atoms with Gasteiger partial charge in [0.2, 0.25) is 0 Å². The van der Waals surface area contributed by atoms with E-state index < -0.39 is 16.1 Å². The van der Waals surface area contributed by atoms with Gasteiger partial charge in [-0.25, -0.2) is 8.42 Å². The van der Waals surface area contributed by atoms with Crippen LogP contribution >= 0.6 is 0 Å². The molecule has 0 spiro atoms. The first kappa shape index (κ1) is 23.1. The van der Waals surface area contributed by atoms with Gasteiger partial charge in [0.1, 0.15) is 6.23 Å². The maximum Gasteiger partial charge on any atom is 1.00 e. The molecule has 4 nitrogen and oxygen atoms in total. The normalized spacial score (nSPS) is 12.9. The van der Waals surface area contributed by atoms with Gasteiger partial charge in [0, 0.05) is 0 Å². The van der Waals surface area contributed by atoms with Crippen molar-refractivity contribution in [1.29, 1.82) is 0 Å². The molecule has 3 N–H and O–H groups in total. The van der Waals surface area contributed by atoms with E-state index in [4.69, 9.17) is 10.8 Å². The summed E-state index contributed by atoms with van der Waals surface area (Å²) in [6, 6.07) is 0. The van der Waals surface area contributed by atoms with Gasteiger partial charge < -0.3 is 12.3 Å². The van der Waals surface area contributed by atoms with Crippen LogP contribution in [0, 0.1) is 0 Å². The molecule has 1 atom stereocenters. The van der Waals surface area contributed by atoms with Crippen molar-refractivity contribution in [3.05, 3.63) is 0 Å². The van der Waals surface area contributed by atoms with Gasteiger partial charge in [0.25, 0.3) is 0 Å². The van der Waals surface area contributed by atoms with Gasteiger partial charge in [-0.2, -0.15) is 0 Å². The second-order valence-electron chi connectivity index (χ2n) is 5.36. The third-order valence-corrected chi connectivity index (χ3v) is 4.99. The summed E-state index contributed by atoms with van der Waals surface area (Å²) in [5, 5.41) is 8.85. The molecule has 0 saturated carbocycles. The topological polar surface area (TPSA) is 80.4 Å². The van der Waals surface area contributed by atoms with E-state index in [1.807, 2.05) is 0 Å². The van der Waals surface area contributed by atoms with Gasteiger partial charge in [-0.1, -0.05) is 64.7 Å². The quantitative estimate of drug-likeness (QED) is 0.278. The Balaban J connectivity index is -0.00000162. The first-order valence-electron chi connectivity index (χ1n) is 7.62. The molecule has 0 rings (SSSR count). The van der Waals surface area contributed by atoms with Crippen LogP contribution in [-0.2, 0) is 9.84 Å². The van der Waals surface area contributed by atoms with E-state index in [0.29, 0.717) is 6.42 Å². The summed E-state index contributed by atoms with van der Waals surface area (Å²) >= 11 is 0. The van der Waals surface area contributed by atoms with Crippen molar-refractivity contribution in [3.8, 4) is 0 Å². The zero-order valence-corrected chi connectivity index (χ0v) is 16.1. The van der Waals surface area contributed by atoms with E-state index >= 15 is 0 Å². The molecule has 0 bridgehead atoms. The second kappa shape index (κ2) is 14.8. The third kappa shape index (κ3) is 16.9. The molecular formula is C14H32NNaO3S. The Bertz CT molecular complexity index is 301. The molecular weight excluding hydrogens is 285 g/mol. The molecule has 0 aromatic rings. The van der Waals surface area contributed by atoms with Crippen molar-refractivity contribution in [2.45, 2.75) is 77.4 Å². The first-order chi connectivity index (χ1) is 8.98. The minimum atomic E-state index is -3.16. The molecule has 118 valence electrons. The average Bonchev–Trinajstić information content (AvgIpc) is 2.30. The Kier molecular flexibility index (Phi) is 17.1. The van der Waals surface area contributed by atoms with Gasteiger partial charge in [0.05, 0.1) is 11.5 Å². The fourth-order valence-electron chi connectivity index (χ4n) is 2.15. The van der Waals surface area contributed by atoms with Gasteiger partial charge in [-0.15, -0.1) is 0 Å². The number of aliphatic hydroxyl groups is 1. The van der Waals surface area contributed by atoms with E-state index in [9.17, 15) is 8.42 Å². The van der Waals surface area contributed by atoms with Crippen molar-refractivity contribution >= 4 is 9.84 Å². The van der Waals surface area contributed by atoms with E-state index in [1.54, 1.807) is 0 Å². The van der Waals surface area contributed by atoms with Crippen LogP contribution < -0.4 is 35.3 Å². The summed E-state index contributed by atoms with van der Waals surface area (Å²) in [5.74, 6) is -0.164. The molecule has 0 heterocycles. The van der Waals surface area contributed by atoms with Crippen molar-refractivity contribution < 1.29 is 44.5 Å². The van der Waals surface area contributed by atoms with E-state index in [2.05, 4.69) is 6.92 Å². The predicted molar refractivity (Wildman–Crippen MR) is 81.8 cm³/mol. The largest absolute Gasteiger partial charge is 1.00 e. The molecule has 0 aliphatic heterocycles. The second-order valence-corrected chi connectivity index (χ2v) is 7.59. The monoisotopic (exact) mass is 317 g/mol. The molecule has 1 unspecified atom stereocenters. The summed E-state index contributed by atoms with van der Waals surface area (Å²) in [6.45, 7) is 2.22. The number of hydrogen-bond donors (Lipinski definition) is 2. The van der Waals surface area contributed by atoms with Gasteiger partial charge in [-0.3, -0.25) is 0 Å². The predicted octanol–water partition coefficient (Wildman–Crippen LogP) is -0.284. The molecule has 20 heavy (non-hydrogen) atoms. The van der Waals surface area contributed by atoms with Crippen LogP contribution in [0.5, 0.6) is 0 Å². The summed E-state index contributed by atoms with van der Waals surface area (Å²) < 4.78 is 22.9. The van der Waals surface area contributed by atoms with Crippen molar-refractivity contribution in [2.75, 3.05) is 11.5 Å². The summed E-state index contributed by atoms with van der Waals surface area (Å²) in [7, 11) is -3.16. The Labute approximate surface area is 148 Å². The van der Waals surface area contributed by atoms with Crippen molar-refractivity contribution in [1.82, 2.24) is 0 Å². The van der Waals surface area contributed by atoms with E-state index in [-0.39, 0.29) is 42.5 Å². The summed E-state index contributed by atoms with van der Waals surface area (Å²) in [6.07, 6.45) is 10.6. The Morgan fingerprint density at radius 2 is 1.35 bits per heavy atom. The van der Waals surface area contributed by atoms with Crippen LogP contribution in [0.2, 0.25) is 0 Å². The Hall–Kier alpha value is 0.870. The van der Waals surface area contributed by atoms with Crippen LogP contribution in [0.15, 0.2) is 0 Å². The third-order valence-electron chi connectivity index (χ3n) is 3.23. The number of nitrogens with two attached hydrogens (primary N) is 1. The number of unbranched alkanes of at least 4 members (excludes halogenated alkanes) is 9. The van der Waals surface area contributed by atoms with Gasteiger partial charge in [0.15, 0.2) is 9.84 Å². The van der Waals surface area contributed by atoms with Crippen LogP contribution in [0.25, 0.3) is 0 Å². The van der Waals surface area contributed by atoms with Gasteiger partial charge >= 0.3 is 29.6 Å². The Morgan fingerprint density at radius 1 is 0.950 bits per heavy atom. The molecule has 0 fully saturated rings. The number of rotatable bonds is 13. The maximum atomic E-state index is 11.4. The summed E-state index contributed by atoms with van der Waals surface area (Å²) in [4.78, 5) is 0. The molecule has 0 aromatic carbocycles. The SMILES string of the molecule is CCCCCCCCCCCCS(=O)(=O)CC(N)O.[H-].[Na+]. The molecule has 0 aliphatic carbocycles. The van der Waals surface area contributed by atoms with Crippen LogP contribution in [0.3, 0.4) is 0 Å². The van der Waals surface area contributed by atoms with E-state index in [0.717, 1.165) is 12.8 Å². The zero-order valence-electron chi connectivity index (χ0n) is 14.3. The molecule has 6 heteroatoms. The molecule has 0 amide bonds. The number of aliphatic hydroxyl groups excluding tert-OH is 1. The molecule has 0 saturated heterocycles. The van der Waals surface area contributed by atoms with E-state index in [1.165, 1.54) is 44.9 Å². The number of sulfone groups is 1. The molecule has 0 radical (unpaired) electrons. The maximum absolute atomic E-state index is 11.4. The fraction of sp³-hybridized carbons (Fsp3) is 1.00. The van der Waals surface area contributed by atoms with Crippen molar-refractivity contribution in [3.63, 3.8) is 0 Å². The minimum Gasteiger partial charge on any atom is -1.00 e. The van der Waals surface area contributed by atoms with Crippen molar-refractivity contribution in [2.24, 2.45) is 5.73 Å². The standard InChI is InChI=1S/C14H31NO3S.Na.H/c1-2-3-4-5-6-7-8-9-10-11-12-19(17,18)13-14(15)16;;/h14,16H,2-13,15H2,1H3;;/q;+1;-1. The Morgan fingerprint density at radius 3 is 1.75 bits per heavy atom. The van der Waals surface area contributed by atoms with Crippen LogP contribution in [0.4, 0.5) is 0 Å². The zero-order chi connectivity index (χ0) is 14.6. The molecule has 0 aromatic heterocycles. The average molecular weight is 317 g/mol. The number of hydrogen-bond acceptors (Lipinski definition) is 4. The van der Waals surface area contributed by atoms with Crippen LogP contribution in [-0.4, -0.2) is 31.3 Å². The van der Waals surface area contributed by atoms with Gasteiger partial charge in [-0.05, 0) is 6.42 Å². The smallest absolute Gasteiger partial charge is 1.00 e.